The van der Waals surface area contributed by atoms with Crippen LogP contribution in [0.15, 0.2) is 30.3 Å². The van der Waals surface area contributed by atoms with Gasteiger partial charge in [0.05, 0.1) is 12.1 Å². The monoisotopic (exact) mass is 216 g/mol. The van der Waals surface area contributed by atoms with Crippen LogP contribution in [0.1, 0.15) is 32.3 Å². The van der Waals surface area contributed by atoms with Crippen LogP contribution in [-0.2, 0) is 6.54 Å². The number of nitriles is 1. The molecular weight excluding hydrogens is 196 g/mol. The third-order valence-electron chi connectivity index (χ3n) is 3.03. The van der Waals surface area contributed by atoms with Gasteiger partial charge in [0.25, 0.3) is 0 Å². The maximum Gasteiger partial charge on any atom is 0.0983 e. The second-order valence-electron chi connectivity index (χ2n) is 4.05. The molecule has 0 bridgehead atoms. The predicted octanol–water partition coefficient (Wildman–Crippen LogP) is 3.10. The third kappa shape index (κ3) is 3.67. The summed E-state index contributed by atoms with van der Waals surface area (Å²) in [5, 5.41) is 12.5. The summed E-state index contributed by atoms with van der Waals surface area (Å²) >= 11 is 0. The van der Waals surface area contributed by atoms with E-state index in [1.807, 2.05) is 18.2 Å². The Morgan fingerprint density at radius 3 is 2.31 bits per heavy atom. The minimum Gasteiger partial charge on any atom is -0.298 e. The van der Waals surface area contributed by atoms with Gasteiger partial charge >= 0.3 is 0 Å². The predicted molar refractivity (Wildman–Crippen MR) is 66.8 cm³/mol. The molecule has 0 radical (unpaired) electrons. The van der Waals surface area contributed by atoms with Gasteiger partial charge in [0.2, 0.25) is 0 Å². The number of hydrogen-bond acceptors (Lipinski definition) is 2. The van der Waals surface area contributed by atoms with E-state index in [-0.39, 0.29) is 6.04 Å². The molecule has 1 atom stereocenters. The lowest BCUT2D eigenvalue weighted by atomic mass is 9.95. The molecule has 86 valence electrons. The molecule has 1 aromatic carbocycles. The summed E-state index contributed by atoms with van der Waals surface area (Å²) in [4.78, 5) is 0. The van der Waals surface area contributed by atoms with E-state index in [2.05, 4.69) is 37.4 Å². The first-order chi connectivity index (χ1) is 7.81. The van der Waals surface area contributed by atoms with Gasteiger partial charge in [-0.2, -0.15) is 5.26 Å². The van der Waals surface area contributed by atoms with Crippen LogP contribution in [0.4, 0.5) is 0 Å². The Bertz CT molecular complexity index is 322. The fourth-order valence-corrected chi connectivity index (χ4v) is 1.90. The summed E-state index contributed by atoms with van der Waals surface area (Å²) < 4.78 is 0. The summed E-state index contributed by atoms with van der Waals surface area (Å²) in [6.45, 7) is 5.06. The quantitative estimate of drug-likeness (QED) is 0.793. The third-order valence-corrected chi connectivity index (χ3v) is 3.03. The summed E-state index contributed by atoms with van der Waals surface area (Å²) in [6.07, 6.45) is 2.10. The van der Waals surface area contributed by atoms with E-state index in [0.717, 1.165) is 19.4 Å². The lowest BCUT2D eigenvalue weighted by Gasteiger charge is -2.20. The van der Waals surface area contributed by atoms with Crippen molar-refractivity contribution in [1.29, 1.82) is 5.26 Å². The fraction of sp³-hybridized carbons (Fsp3) is 0.500. The van der Waals surface area contributed by atoms with Crippen LogP contribution in [0, 0.1) is 17.2 Å². The van der Waals surface area contributed by atoms with E-state index in [1.165, 1.54) is 5.56 Å². The Balaban J connectivity index is 2.49. The molecule has 0 saturated carbocycles. The van der Waals surface area contributed by atoms with E-state index in [4.69, 9.17) is 5.26 Å². The van der Waals surface area contributed by atoms with Gasteiger partial charge in [-0.3, -0.25) is 5.32 Å². The van der Waals surface area contributed by atoms with Crippen molar-refractivity contribution in [3.63, 3.8) is 0 Å². The average Bonchev–Trinajstić information content (AvgIpc) is 2.35. The second-order valence-corrected chi connectivity index (χ2v) is 4.05. The SMILES string of the molecule is CCC(CC)[C@H](C#N)NCc1ccccc1. The van der Waals surface area contributed by atoms with Crippen LogP contribution in [0.5, 0.6) is 0 Å². The van der Waals surface area contributed by atoms with E-state index in [9.17, 15) is 0 Å². The van der Waals surface area contributed by atoms with Crippen molar-refractivity contribution in [2.45, 2.75) is 39.3 Å². The highest BCUT2D eigenvalue weighted by atomic mass is 14.9. The topological polar surface area (TPSA) is 35.8 Å². The zero-order valence-corrected chi connectivity index (χ0v) is 10.1. The average molecular weight is 216 g/mol. The largest absolute Gasteiger partial charge is 0.298 e. The van der Waals surface area contributed by atoms with Gasteiger partial charge < -0.3 is 0 Å². The highest BCUT2D eigenvalue weighted by molar-refractivity contribution is 5.14. The summed E-state index contributed by atoms with van der Waals surface area (Å²) in [5.74, 6) is 0.453. The van der Waals surface area contributed by atoms with Gasteiger partial charge in [-0.25, -0.2) is 0 Å². The van der Waals surface area contributed by atoms with Crippen LogP contribution in [0.25, 0.3) is 0 Å². The minimum atomic E-state index is -0.0322. The first-order valence-electron chi connectivity index (χ1n) is 5.98. The van der Waals surface area contributed by atoms with E-state index in [0.29, 0.717) is 5.92 Å². The summed E-state index contributed by atoms with van der Waals surface area (Å²) in [6, 6.07) is 12.5. The number of benzene rings is 1. The van der Waals surface area contributed by atoms with Crippen molar-refractivity contribution in [1.82, 2.24) is 5.32 Å². The first kappa shape index (κ1) is 12.7. The molecule has 0 heterocycles. The Hall–Kier alpha value is -1.33. The normalized spacial score (nSPS) is 12.4. The molecule has 0 unspecified atom stereocenters. The van der Waals surface area contributed by atoms with Gasteiger partial charge in [-0.15, -0.1) is 0 Å². The molecule has 1 rings (SSSR count). The number of hydrogen-bond donors (Lipinski definition) is 1. The fourth-order valence-electron chi connectivity index (χ4n) is 1.90. The van der Waals surface area contributed by atoms with Crippen molar-refractivity contribution in [2.75, 3.05) is 0 Å². The maximum absolute atomic E-state index is 9.12. The standard InChI is InChI=1S/C14H20N2/c1-3-13(4-2)14(10-15)16-11-12-8-6-5-7-9-12/h5-9,13-14,16H,3-4,11H2,1-2H3/t14-/m0/s1. The minimum absolute atomic E-state index is 0.0322. The van der Waals surface area contributed by atoms with Crippen LogP contribution < -0.4 is 5.32 Å². The molecule has 16 heavy (non-hydrogen) atoms. The van der Waals surface area contributed by atoms with Crippen molar-refractivity contribution in [3.8, 4) is 6.07 Å². The van der Waals surface area contributed by atoms with Crippen molar-refractivity contribution < 1.29 is 0 Å². The van der Waals surface area contributed by atoms with Gasteiger partial charge in [0.15, 0.2) is 0 Å². The van der Waals surface area contributed by atoms with Crippen molar-refractivity contribution in [3.05, 3.63) is 35.9 Å². The number of nitrogens with one attached hydrogen (secondary N) is 1. The number of rotatable bonds is 6. The molecule has 0 spiro atoms. The zero-order chi connectivity index (χ0) is 11.8. The smallest absolute Gasteiger partial charge is 0.0983 e. The van der Waals surface area contributed by atoms with Crippen LogP contribution in [0.3, 0.4) is 0 Å². The molecule has 1 aromatic rings. The van der Waals surface area contributed by atoms with Gasteiger partial charge in [0.1, 0.15) is 0 Å². The molecule has 0 saturated heterocycles. The maximum atomic E-state index is 9.12. The van der Waals surface area contributed by atoms with Gasteiger partial charge in [-0.05, 0) is 11.5 Å². The molecular formula is C14H20N2. The van der Waals surface area contributed by atoms with Crippen LogP contribution in [-0.4, -0.2) is 6.04 Å². The van der Waals surface area contributed by atoms with Crippen molar-refractivity contribution in [2.24, 2.45) is 5.92 Å². The lowest BCUT2D eigenvalue weighted by Crippen LogP contribution is -2.34. The highest BCUT2D eigenvalue weighted by Gasteiger charge is 2.16. The molecule has 0 fully saturated rings. The van der Waals surface area contributed by atoms with E-state index in [1.54, 1.807) is 0 Å². The van der Waals surface area contributed by atoms with E-state index < -0.39 is 0 Å². The highest BCUT2D eigenvalue weighted by Crippen LogP contribution is 2.13. The molecule has 0 amide bonds. The Morgan fingerprint density at radius 1 is 1.19 bits per heavy atom. The molecule has 2 nitrogen and oxygen atoms in total. The Labute approximate surface area is 98.3 Å². The lowest BCUT2D eigenvalue weighted by molar-refractivity contribution is 0.388. The first-order valence-corrected chi connectivity index (χ1v) is 5.98. The molecule has 0 aliphatic rings. The molecule has 1 N–H and O–H groups in total. The van der Waals surface area contributed by atoms with Gasteiger partial charge in [-0.1, -0.05) is 57.0 Å². The molecule has 0 aliphatic heterocycles. The molecule has 0 aromatic heterocycles. The summed E-state index contributed by atoms with van der Waals surface area (Å²) in [7, 11) is 0. The summed E-state index contributed by atoms with van der Waals surface area (Å²) in [5.41, 5.74) is 1.23. The molecule has 0 aliphatic carbocycles. The van der Waals surface area contributed by atoms with Crippen LogP contribution >= 0.6 is 0 Å². The Morgan fingerprint density at radius 2 is 1.81 bits per heavy atom. The zero-order valence-electron chi connectivity index (χ0n) is 10.1. The van der Waals surface area contributed by atoms with Crippen molar-refractivity contribution >= 4 is 0 Å². The van der Waals surface area contributed by atoms with Crippen LogP contribution in [0.2, 0.25) is 0 Å². The molecule has 2 heteroatoms. The van der Waals surface area contributed by atoms with E-state index >= 15 is 0 Å². The van der Waals surface area contributed by atoms with Gasteiger partial charge in [0, 0.05) is 6.54 Å². The number of nitrogens with zero attached hydrogens (tertiary/aromatic N) is 1. The Kier molecular flexibility index (Phi) is 5.60. The second kappa shape index (κ2) is 7.03.